The molecule has 1 heterocycles. The summed E-state index contributed by atoms with van der Waals surface area (Å²) in [6, 6.07) is 5.80. The van der Waals surface area contributed by atoms with Gasteiger partial charge in [0.1, 0.15) is 0 Å². The van der Waals surface area contributed by atoms with Crippen LogP contribution in [0.4, 0.5) is 13.2 Å². The number of halogens is 3. The molecule has 0 bridgehead atoms. The summed E-state index contributed by atoms with van der Waals surface area (Å²) in [4.78, 5) is 24.4. The minimum absolute atomic E-state index is 0.0305. The largest absolute Gasteiger partial charge is 0.481 e. The molecule has 4 nitrogen and oxygen atoms in total. The normalized spacial score (nSPS) is 11.4. The van der Waals surface area contributed by atoms with Gasteiger partial charge >= 0.3 is 12.1 Å². The van der Waals surface area contributed by atoms with Gasteiger partial charge < -0.3 is 10.1 Å². The van der Waals surface area contributed by atoms with E-state index in [-0.39, 0.29) is 16.7 Å². The van der Waals surface area contributed by atoms with Gasteiger partial charge in [-0.2, -0.15) is 13.2 Å². The smallest absolute Gasteiger partial charge is 0.417 e. The zero-order valence-corrected chi connectivity index (χ0v) is 10.6. The van der Waals surface area contributed by atoms with Gasteiger partial charge in [-0.05, 0) is 17.2 Å². The fraction of sp³-hybridized carbons (Fsp3) is 0.143. The fourth-order valence-corrected chi connectivity index (χ4v) is 2.04. The number of carboxylic acids is 1. The number of hydrogen-bond donors (Lipinski definition) is 2. The van der Waals surface area contributed by atoms with Crippen molar-refractivity contribution in [3.05, 3.63) is 58.0 Å². The first kappa shape index (κ1) is 14.8. The number of hydrogen-bond acceptors (Lipinski definition) is 2. The lowest BCUT2D eigenvalue weighted by Crippen LogP contribution is -2.12. The molecule has 0 aliphatic heterocycles. The van der Waals surface area contributed by atoms with Gasteiger partial charge in [0, 0.05) is 17.8 Å². The molecule has 0 saturated heterocycles. The number of nitrogens with one attached hydrogen (secondary N) is 1. The summed E-state index contributed by atoms with van der Waals surface area (Å²) in [7, 11) is 0. The Morgan fingerprint density at radius 2 is 1.86 bits per heavy atom. The van der Waals surface area contributed by atoms with Gasteiger partial charge in [-0.1, -0.05) is 18.2 Å². The number of aromatic nitrogens is 1. The number of carbonyl (C=O) groups is 1. The SMILES string of the molecule is O=C(O)Cc1cc(=O)[nH]cc1-c1ccccc1C(F)(F)F. The van der Waals surface area contributed by atoms with Crippen LogP contribution in [0.2, 0.25) is 0 Å². The van der Waals surface area contributed by atoms with Gasteiger partial charge in [-0.3, -0.25) is 9.59 Å². The molecule has 0 aliphatic carbocycles. The molecule has 0 atom stereocenters. The van der Waals surface area contributed by atoms with Crippen molar-refractivity contribution in [3.63, 3.8) is 0 Å². The standard InChI is InChI=1S/C14H10F3NO3/c15-14(16,17)11-4-2-1-3-9(11)10-7-18-12(19)5-8(10)6-13(20)21/h1-5,7H,6H2,(H,18,19)(H,20,21). The fourth-order valence-electron chi connectivity index (χ4n) is 2.04. The number of alkyl halides is 3. The Bertz CT molecular complexity index is 735. The van der Waals surface area contributed by atoms with Crippen LogP contribution in [0.3, 0.4) is 0 Å². The van der Waals surface area contributed by atoms with Crippen LogP contribution in [0.5, 0.6) is 0 Å². The first-order chi connectivity index (χ1) is 9.79. The minimum Gasteiger partial charge on any atom is -0.481 e. The van der Waals surface area contributed by atoms with Crippen LogP contribution in [0, 0.1) is 0 Å². The Balaban J connectivity index is 2.68. The Kier molecular flexibility index (Phi) is 3.84. The van der Waals surface area contributed by atoms with Crippen molar-refractivity contribution in [2.75, 3.05) is 0 Å². The number of pyridine rings is 1. The predicted molar refractivity (Wildman–Crippen MR) is 68.8 cm³/mol. The van der Waals surface area contributed by atoms with Crippen molar-refractivity contribution in [2.45, 2.75) is 12.6 Å². The van der Waals surface area contributed by atoms with Crippen LogP contribution in [-0.2, 0) is 17.4 Å². The Hall–Kier alpha value is -2.57. The summed E-state index contributed by atoms with van der Waals surface area (Å²) in [6.45, 7) is 0. The highest BCUT2D eigenvalue weighted by molar-refractivity contribution is 5.77. The van der Waals surface area contributed by atoms with E-state index in [0.29, 0.717) is 0 Å². The minimum atomic E-state index is -4.58. The van der Waals surface area contributed by atoms with E-state index in [9.17, 15) is 22.8 Å². The number of benzene rings is 1. The quantitative estimate of drug-likeness (QED) is 0.915. The van der Waals surface area contributed by atoms with Gasteiger partial charge in [0.2, 0.25) is 5.56 Å². The van der Waals surface area contributed by atoms with E-state index in [1.807, 2.05) is 0 Å². The second-order valence-corrected chi connectivity index (χ2v) is 4.35. The zero-order chi connectivity index (χ0) is 15.6. The molecule has 0 aliphatic rings. The second-order valence-electron chi connectivity index (χ2n) is 4.35. The molecular weight excluding hydrogens is 287 g/mol. The third-order valence-corrected chi connectivity index (χ3v) is 2.87. The van der Waals surface area contributed by atoms with Crippen LogP contribution >= 0.6 is 0 Å². The monoisotopic (exact) mass is 297 g/mol. The number of rotatable bonds is 3. The van der Waals surface area contributed by atoms with Gasteiger partial charge in [0.25, 0.3) is 0 Å². The van der Waals surface area contributed by atoms with E-state index < -0.39 is 29.7 Å². The molecule has 21 heavy (non-hydrogen) atoms. The number of H-pyrrole nitrogens is 1. The van der Waals surface area contributed by atoms with E-state index in [1.54, 1.807) is 0 Å². The lowest BCUT2D eigenvalue weighted by molar-refractivity contribution is -0.137. The maximum Gasteiger partial charge on any atom is 0.417 e. The molecule has 0 unspecified atom stereocenters. The third-order valence-electron chi connectivity index (χ3n) is 2.87. The van der Waals surface area contributed by atoms with E-state index in [2.05, 4.69) is 4.98 Å². The highest BCUT2D eigenvalue weighted by atomic mass is 19.4. The first-order valence-corrected chi connectivity index (χ1v) is 5.89. The van der Waals surface area contributed by atoms with Crippen molar-refractivity contribution in [1.29, 1.82) is 0 Å². The Labute approximate surface area is 116 Å². The summed E-state index contributed by atoms with van der Waals surface area (Å²) in [6.07, 6.45) is -4.01. The van der Waals surface area contributed by atoms with Gasteiger partial charge in [-0.25, -0.2) is 0 Å². The molecule has 2 aromatic rings. The molecular formula is C14H10F3NO3. The lowest BCUT2D eigenvalue weighted by atomic mass is 9.95. The van der Waals surface area contributed by atoms with Gasteiger partial charge in [-0.15, -0.1) is 0 Å². The molecule has 2 rings (SSSR count). The topological polar surface area (TPSA) is 70.2 Å². The highest BCUT2D eigenvalue weighted by Gasteiger charge is 2.33. The van der Waals surface area contributed by atoms with Crippen LogP contribution in [0.25, 0.3) is 11.1 Å². The number of aromatic amines is 1. The number of carboxylic acid groups (broad SMARTS) is 1. The predicted octanol–water partition coefficient (Wildman–Crippen LogP) is 2.69. The van der Waals surface area contributed by atoms with Crippen molar-refractivity contribution < 1.29 is 23.1 Å². The second kappa shape index (κ2) is 5.43. The average Bonchev–Trinajstić information content (AvgIpc) is 2.37. The Morgan fingerprint density at radius 3 is 2.48 bits per heavy atom. The molecule has 0 fully saturated rings. The summed E-state index contributed by atoms with van der Waals surface area (Å²) in [5, 5.41) is 8.82. The highest BCUT2D eigenvalue weighted by Crippen LogP contribution is 2.37. The molecule has 0 amide bonds. The number of aliphatic carboxylic acids is 1. The lowest BCUT2D eigenvalue weighted by Gasteiger charge is -2.14. The maximum absolute atomic E-state index is 13.0. The van der Waals surface area contributed by atoms with Gasteiger partial charge in [0.15, 0.2) is 0 Å². The molecule has 110 valence electrons. The van der Waals surface area contributed by atoms with E-state index in [1.165, 1.54) is 18.2 Å². The van der Waals surface area contributed by atoms with Crippen LogP contribution < -0.4 is 5.56 Å². The van der Waals surface area contributed by atoms with Crippen LogP contribution in [-0.4, -0.2) is 16.1 Å². The van der Waals surface area contributed by atoms with Crippen molar-refractivity contribution in [3.8, 4) is 11.1 Å². The summed E-state index contributed by atoms with van der Waals surface area (Å²) in [5.41, 5.74) is -1.55. The van der Waals surface area contributed by atoms with Crippen molar-refractivity contribution in [1.82, 2.24) is 4.98 Å². The average molecular weight is 297 g/mol. The van der Waals surface area contributed by atoms with E-state index in [4.69, 9.17) is 5.11 Å². The molecule has 0 radical (unpaired) electrons. The molecule has 1 aromatic carbocycles. The van der Waals surface area contributed by atoms with E-state index in [0.717, 1.165) is 18.3 Å². The maximum atomic E-state index is 13.0. The molecule has 0 spiro atoms. The molecule has 2 N–H and O–H groups in total. The molecule has 0 saturated carbocycles. The van der Waals surface area contributed by atoms with E-state index >= 15 is 0 Å². The van der Waals surface area contributed by atoms with Crippen molar-refractivity contribution in [2.24, 2.45) is 0 Å². The molecule has 7 heteroatoms. The van der Waals surface area contributed by atoms with Crippen LogP contribution in [0.15, 0.2) is 41.3 Å². The zero-order valence-electron chi connectivity index (χ0n) is 10.6. The first-order valence-electron chi connectivity index (χ1n) is 5.89. The third kappa shape index (κ3) is 3.31. The molecule has 1 aromatic heterocycles. The van der Waals surface area contributed by atoms with Crippen LogP contribution in [0.1, 0.15) is 11.1 Å². The Morgan fingerprint density at radius 1 is 1.19 bits per heavy atom. The van der Waals surface area contributed by atoms with Crippen molar-refractivity contribution >= 4 is 5.97 Å². The summed E-state index contributed by atoms with van der Waals surface area (Å²) in [5.74, 6) is -1.23. The van der Waals surface area contributed by atoms with Gasteiger partial charge in [0.05, 0.1) is 12.0 Å². The summed E-state index contributed by atoms with van der Waals surface area (Å²) < 4.78 is 39.1. The summed E-state index contributed by atoms with van der Waals surface area (Å²) >= 11 is 0.